The second-order valence-corrected chi connectivity index (χ2v) is 30.2. The van der Waals surface area contributed by atoms with Gasteiger partial charge < -0.3 is 22.9 Å². The van der Waals surface area contributed by atoms with E-state index in [-0.39, 0.29) is 0 Å². The predicted molar refractivity (Wildman–Crippen MR) is 554 cm³/mol. The van der Waals surface area contributed by atoms with Crippen molar-refractivity contribution >= 4 is 85.8 Å². The molecule has 16 aromatic rings. The van der Waals surface area contributed by atoms with Crippen molar-refractivity contribution in [2.45, 2.75) is 231 Å². The van der Waals surface area contributed by atoms with Gasteiger partial charge in [0, 0.05) is 83.1 Å². The minimum Gasteiger partial charge on any atom is -0.382 e. The fraction of sp³-hybridized carbons (Fsp3) is 0.358. The number of hydrogen-bond donors (Lipinski definition) is 4. The molecule has 8 N–H and O–H groups in total. The van der Waals surface area contributed by atoms with Crippen LogP contribution in [-0.2, 0) is 98.9 Å². The Kier molecular flexibility index (Phi) is 43.5. The summed E-state index contributed by atoms with van der Waals surface area (Å²) in [5, 5.41) is 18.7. The van der Waals surface area contributed by atoms with E-state index in [0.717, 1.165) is 163 Å². The average molecular weight is 1790 g/mol. The van der Waals surface area contributed by atoms with E-state index >= 15 is 0 Å². The maximum atomic E-state index is 5.96. The van der Waals surface area contributed by atoms with Crippen molar-refractivity contribution < 1.29 is 0 Å². The number of benzene rings is 6. The molecule has 24 heteroatoms. The van der Waals surface area contributed by atoms with Crippen LogP contribution in [0.3, 0.4) is 0 Å². The van der Waals surface area contributed by atoms with Crippen LogP contribution in [0.1, 0.15) is 261 Å². The molecular formula is C109H142N24. The molecule has 0 amide bonds. The molecule has 23 rings (SSSR count). The SMILES string of the molecule is C1=Cc2ccccc2C1.C1=Cc2cccnc2C1.C1=NCc2ccccc21.CC.CC.CC.CC.CC.CC.CC.CC.Cn1nc(C2CCc3ccccc3C2)c2ncnc(N)c21.Cn1nc(C2CCc3ccccc3C2)c2ncnc(N)c21.Cn1nc(C2CCc3ccccc3C2)c2ncnc(N)c21.Cn1nc(C2CCc3ccccc3C2)c2ncnc(N)c21.c1cncnc1. The van der Waals surface area contributed by atoms with E-state index in [4.69, 9.17) is 22.9 Å². The first-order valence-corrected chi connectivity index (χ1v) is 48.0. The second kappa shape index (κ2) is 55.3. The highest BCUT2D eigenvalue weighted by Gasteiger charge is 2.31. The van der Waals surface area contributed by atoms with Crippen LogP contribution in [-0.4, -0.2) is 100 Å². The lowest BCUT2D eigenvalue weighted by Gasteiger charge is -2.23. The first-order valence-electron chi connectivity index (χ1n) is 48.0. The highest BCUT2D eigenvalue weighted by atomic mass is 15.3. The molecule has 10 aromatic heterocycles. The van der Waals surface area contributed by atoms with Crippen molar-refractivity contribution in [2.24, 2.45) is 33.2 Å². The fourth-order valence-corrected chi connectivity index (χ4v) is 17.0. The summed E-state index contributed by atoms with van der Waals surface area (Å²) < 4.78 is 7.22. The molecule has 0 bridgehead atoms. The third kappa shape index (κ3) is 26.9. The molecule has 1 aliphatic heterocycles. The summed E-state index contributed by atoms with van der Waals surface area (Å²) in [4.78, 5) is 49.6. The van der Waals surface area contributed by atoms with Crippen LogP contribution in [0, 0.1) is 0 Å². The van der Waals surface area contributed by atoms with Crippen molar-refractivity contribution in [2.75, 3.05) is 22.9 Å². The molecule has 698 valence electrons. The Bertz CT molecular complexity index is 5560. The molecule has 0 fully saturated rings. The quantitative estimate of drug-likeness (QED) is 0.127. The Balaban J connectivity index is 0.000000188. The van der Waals surface area contributed by atoms with Gasteiger partial charge in [0.25, 0.3) is 0 Å². The van der Waals surface area contributed by atoms with Crippen LogP contribution >= 0.6 is 0 Å². The lowest BCUT2D eigenvalue weighted by atomic mass is 9.82. The summed E-state index contributed by atoms with van der Waals surface area (Å²) in [6.45, 7) is 32.9. The summed E-state index contributed by atoms with van der Waals surface area (Å²) in [5.74, 6) is 3.59. The van der Waals surface area contributed by atoms with Gasteiger partial charge in [-0.05, 0) is 168 Å². The number of aromatic nitrogens is 19. The molecule has 0 saturated heterocycles. The van der Waals surface area contributed by atoms with Crippen molar-refractivity contribution in [3.8, 4) is 0 Å². The number of aryl methyl sites for hydroxylation is 8. The minimum absolute atomic E-state index is 0.401. The Morgan fingerprint density at radius 1 is 0.271 bits per heavy atom. The molecule has 0 radical (unpaired) electrons. The highest BCUT2D eigenvalue weighted by molar-refractivity contribution is 5.89. The average Bonchev–Trinajstić information content (AvgIpc) is 1.64. The highest BCUT2D eigenvalue weighted by Crippen LogP contribution is 2.40. The van der Waals surface area contributed by atoms with Gasteiger partial charge in [0.2, 0.25) is 0 Å². The fourth-order valence-electron chi connectivity index (χ4n) is 17.0. The first kappa shape index (κ1) is 104. The lowest BCUT2D eigenvalue weighted by molar-refractivity contribution is 0.563. The molecule has 4 unspecified atom stereocenters. The van der Waals surface area contributed by atoms with Crippen molar-refractivity contribution in [1.82, 2.24) is 93.9 Å². The molecule has 6 aromatic carbocycles. The third-order valence-electron chi connectivity index (χ3n) is 22.9. The number of hydrogen-bond acceptors (Lipinski definition) is 20. The summed E-state index contributed by atoms with van der Waals surface area (Å²) in [6.07, 6.45) is 38.4. The van der Waals surface area contributed by atoms with Gasteiger partial charge in [-0.25, -0.2) is 49.8 Å². The molecule has 133 heavy (non-hydrogen) atoms. The number of allylic oxidation sites excluding steroid dienone is 2. The molecule has 7 aliphatic rings. The zero-order valence-corrected chi connectivity index (χ0v) is 82.3. The predicted octanol–water partition coefficient (Wildman–Crippen LogP) is 23.1. The largest absolute Gasteiger partial charge is 0.382 e. The lowest BCUT2D eigenvalue weighted by Crippen LogP contribution is -2.13. The number of rotatable bonds is 4. The van der Waals surface area contributed by atoms with Gasteiger partial charge in [0.05, 0.1) is 35.0 Å². The minimum atomic E-state index is 0.401. The second-order valence-electron chi connectivity index (χ2n) is 30.2. The van der Waals surface area contributed by atoms with E-state index < -0.39 is 0 Å². The number of anilines is 4. The Morgan fingerprint density at radius 3 is 0.857 bits per heavy atom. The number of pyridine rings is 1. The number of nitrogens with zero attached hydrogens (tertiary/aromatic N) is 20. The molecule has 6 aliphatic carbocycles. The van der Waals surface area contributed by atoms with Crippen LogP contribution in [0.4, 0.5) is 23.3 Å². The van der Waals surface area contributed by atoms with Gasteiger partial charge in [-0.1, -0.05) is 287 Å². The Morgan fingerprint density at radius 2 is 0.556 bits per heavy atom. The third-order valence-corrected chi connectivity index (χ3v) is 22.9. The van der Waals surface area contributed by atoms with Crippen LogP contribution in [0.2, 0.25) is 0 Å². The van der Waals surface area contributed by atoms with E-state index in [0.29, 0.717) is 46.9 Å². The van der Waals surface area contributed by atoms with E-state index in [1.807, 2.05) is 170 Å². The maximum Gasteiger partial charge on any atom is 0.153 e. The van der Waals surface area contributed by atoms with Gasteiger partial charge in [-0.3, -0.25) is 28.7 Å². The van der Waals surface area contributed by atoms with Crippen LogP contribution < -0.4 is 22.9 Å². The normalized spacial score (nSPS) is 14.8. The molecule has 4 atom stereocenters. The number of nitrogen functional groups attached to an aromatic ring is 4. The van der Waals surface area contributed by atoms with E-state index in [9.17, 15) is 0 Å². The number of fused-ring (bicyclic) bond motifs is 11. The van der Waals surface area contributed by atoms with Gasteiger partial charge in [0.1, 0.15) is 75.8 Å². The zero-order valence-electron chi connectivity index (χ0n) is 82.3. The van der Waals surface area contributed by atoms with Crippen molar-refractivity contribution in [3.63, 3.8) is 0 Å². The first-order chi connectivity index (χ1) is 65.3. The molecule has 0 spiro atoms. The summed E-state index contributed by atoms with van der Waals surface area (Å²) in [5.41, 5.74) is 54.5. The standard InChI is InChI=1S/4C16H17N5.C9H8.2C8H7N.C4H4N2.8C2H6/c4*1-21-15-14(18-9-19-16(15)17)13(20-21)12-7-6-10-4-2-3-5-11(10)8-12;1-2-5-9-7-3-6-8(9)4-1;1-3-7-4-2-6-9-8(7)5-1;1-2-4-8-6-9-5-7(8)3-1;1-2-5-4-6-3-1;8*1-2/h4*2-5,9,12H,6-8H2,1H3,(H2,17,18,19);1-6H,7H2;1-4,6H,5H2;1-5H,6H2;1-4H;8*1-2H3. The molecule has 0 saturated carbocycles. The van der Waals surface area contributed by atoms with E-state index in [1.165, 1.54) is 110 Å². The zero-order chi connectivity index (χ0) is 96.1. The number of nitrogens with two attached hydrogens (primary N) is 4. The van der Waals surface area contributed by atoms with E-state index in [2.05, 4.69) is 244 Å². The van der Waals surface area contributed by atoms with Crippen LogP contribution in [0.25, 0.3) is 56.3 Å². The molecule has 24 nitrogen and oxygen atoms in total. The molecule has 11 heterocycles. The van der Waals surface area contributed by atoms with Gasteiger partial charge >= 0.3 is 0 Å². The summed E-state index contributed by atoms with van der Waals surface area (Å²) in [6, 6.07) is 57.3. The maximum absolute atomic E-state index is 5.96. The Labute approximate surface area is 789 Å². The van der Waals surface area contributed by atoms with Crippen LogP contribution in [0.15, 0.2) is 231 Å². The van der Waals surface area contributed by atoms with Crippen LogP contribution in [0.5, 0.6) is 0 Å². The summed E-state index contributed by atoms with van der Waals surface area (Å²) >= 11 is 0. The van der Waals surface area contributed by atoms with Gasteiger partial charge in [-0.2, -0.15) is 20.4 Å². The number of aliphatic imine (C=N–C) groups is 1. The van der Waals surface area contributed by atoms with Gasteiger partial charge in [-0.15, -0.1) is 0 Å². The van der Waals surface area contributed by atoms with Crippen molar-refractivity contribution in [1.29, 1.82) is 0 Å². The van der Waals surface area contributed by atoms with E-state index in [1.54, 1.807) is 37.2 Å². The Hall–Kier alpha value is -13.9. The summed E-state index contributed by atoms with van der Waals surface area (Å²) in [7, 11) is 7.62. The monoisotopic (exact) mass is 1790 g/mol. The smallest absolute Gasteiger partial charge is 0.153 e. The van der Waals surface area contributed by atoms with Crippen molar-refractivity contribution in [3.05, 3.63) is 327 Å². The topological polar surface area (TPSA) is 330 Å². The molecular weight excluding hydrogens is 1650 g/mol. The van der Waals surface area contributed by atoms with Gasteiger partial charge in [0.15, 0.2) is 23.3 Å².